The lowest BCUT2D eigenvalue weighted by Crippen LogP contribution is -2.13. The molecule has 0 spiro atoms. The number of nitrogens with one attached hydrogen (secondary N) is 1. The molecule has 2 aromatic rings. The van der Waals surface area contributed by atoms with Crippen LogP contribution in [0.3, 0.4) is 0 Å². The first-order chi connectivity index (χ1) is 8.58. The van der Waals surface area contributed by atoms with E-state index < -0.39 is 22.5 Å². The normalized spacial score (nSPS) is 10.1. The molecule has 0 aromatic carbocycles. The zero-order valence-electron chi connectivity index (χ0n) is 8.79. The molecule has 7 nitrogen and oxygen atoms in total. The van der Waals surface area contributed by atoms with E-state index in [1.54, 1.807) is 0 Å². The molecular weight excluding hydrogens is 245 g/mol. The van der Waals surface area contributed by atoms with E-state index in [1.807, 2.05) is 0 Å². The third kappa shape index (κ3) is 2.32. The van der Waals surface area contributed by atoms with Crippen molar-refractivity contribution in [1.29, 1.82) is 0 Å². The highest BCUT2D eigenvalue weighted by atomic mass is 19.1. The Hall–Kier alpha value is -2.77. The summed E-state index contributed by atoms with van der Waals surface area (Å²) in [6.45, 7) is 0. The van der Waals surface area contributed by atoms with Crippen molar-refractivity contribution in [3.05, 3.63) is 52.2 Å². The number of carbonyl (C=O) groups is 1. The smallest absolute Gasteiger partial charge is 0.395 e. The van der Waals surface area contributed by atoms with E-state index in [-0.39, 0.29) is 11.6 Å². The molecule has 0 aliphatic heterocycles. The highest BCUT2D eigenvalue weighted by molar-refractivity contribution is 6.01. The summed E-state index contributed by atoms with van der Waals surface area (Å²) in [6, 6.07) is 4.63. The highest BCUT2D eigenvalue weighted by Crippen LogP contribution is 2.17. The Morgan fingerprint density at radius 1 is 1.44 bits per heavy atom. The fourth-order valence-electron chi connectivity index (χ4n) is 1.19. The van der Waals surface area contributed by atoms with Gasteiger partial charge in [-0.15, -0.1) is 0 Å². The summed E-state index contributed by atoms with van der Waals surface area (Å²) in [7, 11) is 0. The first-order valence-electron chi connectivity index (χ1n) is 4.74. The molecule has 0 saturated heterocycles. The van der Waals surface area contributed by atoms with Gasteiger partial charge in [-0.1, -0.05) is 0 Å². The van der Waals surface area contributed by atoms with E-state index in [0.29, 0.717) is 0 Å². The van der Waals surface area contributed by atoms with Crippen LogP contribution in [0.15, 0.2) is 34.9 Å². The van der Waals surface area contributed by atoms with Gasteiger partial charge in [-0.05, 0) is 18.2 Å². The van der Waals surface area contributed by atoms with Crippen molar-refractivity contribution in [2.24, 2.45) is 0 Å². The Bertz CT molecular complexity index is 611. The van der Waals surface area contributed by atoms with E-state index in [1.165, 1.54) is 12.3 Å². The summed E-state index contributed by atoms with van der Waals surface area (Å²) < 4.78 is 17.8. The molecule has 8 heteroatoms. The van der Waals surface area contributed by atoms with Gasteiger partial charge in [-0.3, -0.25) is 14.9 Å². The maximum Gasteiger partial charge on any atom is 0.433 e. The molecule has 1 amide bonds. The second-order valence-electron chi connectivity index (χ2n) is 3.18. The summed E-state index contributed by atoms with van der Waals surface area (Å²) in [5, 5.41) is 12.5. The summed E-state index contributed by atoms with van der Waals surface area (Å²) in [5.41, 5.74) is 0. The van der Waals surface area contributed by atoms with Crippen LogP contribution in [-0.2, 0) is 0 Å². The minimum absolute atomic E-state index is 0.276. The second-order valence-corrected chi connectivity index (χ2v) is 3.18. The van der Waals surface area contributed by atoms with Crippen LogP contribution in [0.1, 0.15) is 10.6 Å². The van der Waals surface area contributed by atoms with Crippen LogP contribution in [0.5, 0.6) is 0 Å². The number of hydrogen-bond donors (Lipinski definition) is 1. The van der Waals surface area contributed by atoms with Gasteiger partial charge in [0.05, 0.1) is 6.07 Å². The van der Waals surface area contributed by atoms with E-state index in [0.717, 1.165) is 18.2 Å². The lowest BCUT2D eigenvalue weighted by atomic mass is 10.4. The Morgan fingerprint density at radius 2 is 2.22 bits per heavy atom. The van der Waals surface area contributed by atoms with Gasteiger partial charge in [0.15, 0.2) is 17.4 Å². The number of nitrogens with zero attached hydrogens (tertiary/aromatic N) is 2. The van der Waals surface area contributed by atoms with E-state index in [9.17, 15) is 19.3 Å². The van der Waals surface area contributed by atoms with E-state index >= 15 is 0 Å². The number of furan rings is 1. The van der Waals surface area contributed by atoms with Gasteiger partial charge in [-0.25, -0.2) is 9.37 Å². The number of halogens is 1. The van der Waals surface area contributed by atoms with Crippen LogP contribution in [0.25, 0.3) is 0 Å². The summed E-state index contributed by atoms with van der Waals surface area (Å²) in [4.78, 5) is 24.7. The quantitative estimate of drug-likeness (QED) is 0.664. The third-order valence-electron chi connectivity index (χ3n) is 1.99. The maximum absolute atomic E-state index is 13.2. The predicted octanol–water partition coefficient (Wildman–Crippen LogP) is 1.97. The minimum atomic E-state index is -0.819. The Balaban J connectivity index is 2.17. The monoisotopic (exact) mass is 251 g/mol. The van der Waals surface area contributed by atoms with Crippen molar-refractivity contribution in [2.45, 2.75) is 0 Å². The maximum atomic E-state index is 13.2. The predicted molar refractivity (Wildman–Crippen MR) is 57.5 cm³/mol. The van der Waals surface area contributed by atoms with Crippen molar-refractivity contribution >= 4 is 17.6 Å². The molecule has 18 heavy (non-hydrogen) atoms. The average molecular weight is 251 g/mol. The Labute approximate surface area is 99.4 Å². The van der Waals surface area contributed by atoms with Crippen molar-refractivity contribution in [2.75, 3.05) is 5.32 Å². The lowest BCUT2D eigenvalue weighted by molar-refractivity contribution is -0.402. The van der Waals surface area contributed by atoms with Gasteiger partial charge in [-0.2, -0.15) is 0 Å². The number of pyridine rings is 1. The van der Waals surface area contributed by atoms with Crippen LogP contribution in [-0.4, -0.2) is 15.8 Å². The molecule has 2 heterocycles. The zero-order valence-corrected chi connectivity index (χ0v) is 8.79. The van der Waals surface area contributed by atoms with Crippen molar-refractivity contribution in [1.82, 2.24) is 4.98 Å². The van der Waals surface area contributed by atoms with Gasteiger partial charge in [0.2, 0.25) is 0 Å². The first-order valence-corrected chi connectivity index (χ1v) is 4.74. The van der Waals surface area contributed by atoms with Crippen molar-refractivity contribution in [3.8, 4) is 0 Å². The SMILES string of the molecule is O=C(Nc1ncccc1F)c1ccc([N+](=O)[O-])o1. The molecule has 1 N–H and O–H groups in total. The number of nitro groups is 1. The van der Waals surface area contributed by atoms with Gasteiger partial charge in [0.25, 0.3) is 5.91 Å². The Kier molecular flexibility index (Phi) is 3.00. The number of hydrogen-bond acceptors (Lipinski definition) is 5. The minimum Gasteiger partial charge on any atom is -0.395 e. The summed E-state index contributed by atoms with van der Waals surface area (Å²) >= 11 is 0. The van der Waals surface area contributed by atoms with Gasteiger partial charge >= 0.3 is 5.88 Å². The molecule has 92 valence electrons. The van der Waals surface area contributed by atoms with Crippen LogP contribution in [0.4, 0.5) is 16.1 Å². The van der Waals surface area contributed by atoms with Crippen LogP contribution < -0.4 is 5.32 Å². The van der Waals surface area contributed by atoms with Crippen molar-refractivity contribution < 1.29 is 18.5 Å². The highest BCUT2D eigenvalue weighted by Gasteiger charge is 2.18. The average Bonchev–Trinajstić information content (AvgIpc) is 2.81. The van der Waals surface area contributed by atoms with Crippen LogP contribution in [0.2, 0.25) is 0 Å². The molecule has 0 saturated carbocycles. The summed E-state index contributed by atoms with van der Waals surface area (Å²) in [6.07, 6.45) is 1.29. The standard InChI is InChI=1S/C10H6FN3O4/c11-6-2-1-5-12-9(6)13-10(15)7-3-4-8(18-7)14(16)17/h1-5H,(H,12,13,15). The molecule has 0 atom stereocenters. The number of rotatable bonds is 3. The van der Waals surface area contributed by atoms with Gasteiger partial charge in [0, 0.05) is 6.20 Å². The molecule has 0 bridgehead atoms. The van der Waals surface area contributed by atoms with E-state index in [4.69, 9.17) is 0 Å². The number of anilines is 1. The molecule has 0 fully saturated rings. The van der Waals surface area contributed by atoms with E-state index in [2.05, 4.69) is 14.7 Å². The molecule has 2 rings (SSSR count). The molecule has 0 unspecified atom stereocenters. The third-order valence-corrected chi connectivity index (χ3v) is 1.99. The molecule has 0 aliphatic carbocycles. The lowest BCUT2D eigenvalue weighted by Gasteiger charge is -2.01. The fraction of sp³-hybridized carbons (Fsp3) is 0. The number of carbonyl (C=O) groups excluding carboxylic acids is 1. The number of amides is 1. The largest absolute Gasteiger partial charge is 0.433 e. The second kappa shape index (κ2) is 4.62. The van der Waals surface area contributed by atoms with Crippen molar-refractivity contribution in [3.63, 3.8) is 0 Å². The van der Waals surface area contributed by atoms with Gasteiger partial charge in [0.1, 0.15) is 4.92 Å². The fourth-order valence-corrected chi connectivity index (χ4v) is 1.19. The van der Waals surface area contributed by atoms with Gasteiger partial charge < -0.3 is 9.73 Å². The molecule has 0 radical (unpaired) electrons. The zero-order chi connectivity index (χ0) is 13.1. The summed E-state index contributed by atoms with van der Waals surface area (Å²) in [5.74, 6) is -2.68. The Morgan fingerprint density at radius 3 is 2.83 bits per heavy atom. The van der Waals surface area contributed by atoms with Crippen LogP contribution in [0, 0.1) is 15.9 Å². The first kappa shape index (κ1) is 11.7. The molecule has 0 aliphatic rings. The molecule has 2 aromatic heterocycles. The number of aromatic nitrogens is 1. The topological polar surface area (TPSA) is 98.3 Å². The molecular formula is C10H6FN3O4. The van der Waals surface area contributed by atoms with Crippen LogP contribution >= 0.6 is 0 Å².